The fourth-order valence-corrected chi connectivity index (χ4v) is 2.01. The van der Waals surface area contributed by atoms with Gasteiger partial charge in [0.05, 0.1) is 12.8 Å². The van der Waals surface area contributed by atoms with Crippen LogP contribution in [0, 0.1) is 0 Å². The van der Waals surface area contributed by atoms with E-state index in [2.05, 4.69) is 10.1 Å². The Hall–Kier alpha value is -3.18. The van der Waals surface area contributed by atoms with E-state index >= 15 is 0 Å². The highest BCUT2D eigenvalue weighted by molar-refractivity contribution is 6.12. The van der Waals surface area contributed by atoms with Crippen molar-refractivity contribution in [1.82, 2.24) is 10.6 Å². The van der Waals surface area contributed by atoms with Gasteiger partial charge in [0.15, 0.2) is 0 Å². The lowest BCUT2D eigenvalue weighted by molar-refractivity contribution is 0.172. The van der Waals surface area contributed by atoms with E-state index in [9.17, 15) is 0 Å². The summed E-state index contributed by atoms with van der Waals surface area (Å²) in [4.78, 5) is 3.81. The molecule has 0 unspecified atom stereocenters. The van der Waals surface area contributed by atoms with Gasteiger partial charge in [0.25, 0.3) is 0 Å². The van der Waals surface area contributed by atoms with Gasteiger partial charge in [0.2, 0.25) is 0 Å². The number of hydrogen-bond acceptors (Lipinski definition) is 5. The van der Waals surface area contributed by atoms with E-state index in [4.69, 9.17) is 9.94 Å². The number of hydrazone groups is 1. The van der Waals surface area contributed by atoms with Gasteiger partial charge in [-0.05, 0) is 12.1 Å². The second kappa shape index (κ2) is 9.76. The molecule has 3 aromatic rings. The summed E-state index contributed by atoms with van der Waals surface area (Å²) >= 11 is 0. The minimum atomic E-state index is 0.712. The summed E-state index contributed by atoms with van der Waals surface area (Å²) in [5.74, 6) is 0.847. The first-order valence-electron chi connectivity index (χ1n) is 7.36. The second-order valence-corrected chi connectivity index (χ2v) is 4.68. The average Bonchev–Trinajstić information content (AvgIpc) is 2.68. The van der Waals surface area contributed by atoms with Crippen LogP contribution >= 0.6 is 0 Å². The minimum absolute atomic E-state index is 0.712. The molecular weight excluding hydrogens is 302 g/mol. The van der Waals surface area contributed by atoms with Crippen LogP contribution in [0.2, 0.25) is 0 Å². The van der Waals surface area contributed by atoms with Gasteiger partial charge in [-0.2, -0.15) is 10.7 Å². The lowest BCUT2D eigenvalue weighted by Gasteiger charge is -2.05. The van der Waals surface area contributed by atoms with E-state index in [0.29, 0.717) is 5.71 Å². The van der Waals surface area contributed by atoms with Crippen LogP contribution in [0.25, 0.3) is 0 Å². The molecule has 0 fully saturated rings. The summed E-state index contributed by atoms with van der Waals surface area (Å²) in [6.07, 6.45) is 3.39. The largest absolute Gasteiger partial charge is 0.497 e. The monoisotopic (exact) mass is 321 g/mol. The van der Waals surface area contributed by atoms with Crippen molar-refractivity contribution < 1.29 is 9.94 Å². The molecule has 0 aliphatic heterocycles. The molecule has 0 radical (unpaired) electrons. The van der Waals surface area contributed by atoms with E-state index < -0.39 is 0 Å². The number of aromatic nitrogens is 1. The standard InChI is InChI=1S/C13H12N2O.C6H7NO/c16-15-14-13(11-7-3-1-4-8-11)12-9-5-2-6-10-12;1-8-6-2-4-7-5-3-6/h1-10,15-16H;2-5H,1H3. The molecule has 24 heavy (non-hydrogen) atoms. The number of hydrogen-bond donors (Lipinski definition) is 2. The Morgan fingerprint density at radius 1 is 0.875 bits per heavy atom. The number of benzene rings is 2. The minimum Gasteiger partial charge on any atom is -0.497 e. The van der Waals surface area contributed by atoms with E-state index in [1.165, 1.54) is 0 Å². The average molecular weight is 321 g/mol. The Morgan fingerprint density at radius 2 is 1.38 bits per heavy atom. The molecule has 0 atom stereocenters. The van der Waals surface area contributed by atoms with Gasteiger partial charge < -0.3 is 4.74 Å². The fraction of sp³-hybridized carbons (Fsp3) is 0.0526. The maximum Gasteiger partial charge on any atom is 0.121 e. The van der Waals surface area contributed by atoms with Crippen molar-refractivity contribution in [1.29, 1.82) is 0 Å². The van der Waals surface area contributed by atoms with Gasteiger partial charge in [0.1, 0.15) is 5.75 Å². The highest BCUT2D eigenvalue weighted by Crippen LogP contribution is 2.10. The van der Waals surface area contributed by atoms with Gasteiger partial charge in [-0.3, -0.25) is 10.2 Å². The fourth-order valence-electron chi connectivity index (χ4n) is 2.01. The van der Waals surface area contributed by atoms with E-state index in [1.807, 2.05) is 66.3 Å². The number of pyridine rings is 1. The lowest BCUT2D eigenvalue weighted by atomic mass is 10.0. The maximum atomic E-state index is 8.72. The van der Waals surface area contributed by atoms with Crippen LogP contribution in [0.15, 0.2) is 90.3 Å². The first-order valence-corrected chi connectivity index (χ1v) is 7.36. The maximum absolute atomic E-state index is 8.72. The Kier molecular flexibility index (Phi) is 6.99. The van der Waals surface area contributed by atoms with Gasteiger partial charge in [-0.1, -0.05) is 60.7 Å². The van der Waals surface area contributed by atoms with Crippen LogP contribution in [-0.2, 0) is 0 Å². The molecule has 0 bridgehead atoms. The van der Waals surface area contributed by atoms with Crippen LogP contribution < -0.4 is 10.3 Å². The quantitative estimate of drug-likeness (QED) is 0.570. The third kappa shape index (κ3) is 5.23. The molecule has 2 aromatic carbocycles. The van der Waals surface area contributed by atoms with Crippen LogP contribution in [0.1, 0.15) is 11.1 Å². The second-order valence-electron chi connectivity index (χ2n) is 4.68. The highest BCUT2D eigenvalue weighted by Gasteiger charge is 2.05. The summed E-state index contributed by atoms with van der Waals surface area (Å²) in [7, 11) is 1.63. The van der Waals surface area contributed by atoms with Crippen LogP contribution in [0.3, 0.4) is 0 Å². The zero-order valence-electron chi connectivity index (χ0n) is 13.3. The smallest absolute Gasteiger partial charge is 0.121 e. The number of rotatable bonds is 4. The van der Waals surface area contributed by atoms with Gasteiger partial charge >= 0.3 is 0 Å². The number of nitrogens with one attached hydrogen (secondary N) is 1. The topological polar surface area (TPSA) is 66.7 Å². The normalized spacial score (nSPS) is 9.25. The van der Waals surface area contributed by atoms with Gasteiger partial charge in [-0.25, -0.2) is 0 Å². The molecule has 2 N–H and O–H groups in total. The summed E-state index contributed by atoms with van der Waals surface area (Å²) in [6.45, 7) is 0. The molecule has 0 aliphatic rings. The van der Waals surface area contributed by atoms with E-state index in [-0.39, 0.29) is 0 Å². The lowest BCUT2D eigenvalue weighted by Crippen LogP contribution is -2.09. The van der Waals surface area contributed by atoms with E-state index in [1.54, 1.807) is 31.6 Å². The number of nitrogens with zero attached hydrogens (tertiary/aromatic N) is 2. The molecule has 1 heterocycles. The van der Waals surface area contributed by atoms with Crippen molar-refractivity contribution in [2.24, 2.45) is 5.10 Å². The SMILES string of the molecule is COc1ccncc1.ONN=C(c1ccccc1)c1ccccc1. The van der Waals surface area contributed by atoms with Crippen molar-refractivity contribution in [3.05, 3.63) is 96.3 Å². The predicted molar refractivity (Wildman–Crippen MR) is 94.2 cm³/mol. The molecule has 0 spiro atoms. The van der Waals surface area contributed by atoms with Gasteiger partial charge in [-0.15, -0.1) is 0 Å². The molecule has 122 valence electrons. The molecule has 0 amide bonds. The third-order valence-corrected chi connectivity index (χ3v) is 3.14. The molecule has 0 aliphatic carbocycles. The van der Waals surface area contributed by atoms with Crippen molar-refractivity contribution in [3.8, 4) is 5.75 Å². The summed E-state index contributed by atoms with van der Waals surface area (Å²) in [5.41, 5.74) is 4.47. The Bertz CT molecular complexity index is 691. The predicted octanol–water partition coefficient (Wildman–Crippen LogP) is 3.51. The Morgan fingerprint density at radius 3 is 1.75 bits per heavy atom. The van der Waals surface area contributed by atoms with Gasteiger partial charge in [0, 0.05) is 23.5 Å². The zero-order chi connectivity index (χ0) is 17.0. The van der Waals surface area contributed by atoms with Crippen LogP contribution in [-0.4, -0.2) is 23.0 Å². The molecule has 1 aromatic heterocycles. The summed E-state index contributed by atoms with van der Waals surface area (Å²) in [5, 5.41) is 12.6. The van der Waals surface area contributed by atoms with Crippen LogP contribution in [0.4, 0.5) is 0 Å². The zero-order valence-corrected chi connectivity index (χ0v) is 13.3. The highest BCUT2D eigenvalue weighted by atomic mass is 16.5. The Balaban J connectivity index is 0.000000219. The molecular formula is C19H19N3O2. The summed E-state index contributed by atoms with van der Waals surface area (Å²) < 4.78 is 4.87. The van der Waals surface area contributed by atoms with Crippen molar-refractivity contribution in [3.63, 3.8) is 0 Å². The van der Waals surface area contributed by atoms with Crippen molar-refractivity contribution >= 4 is 5.71 Å². The van der Waals surface area contributed by atoms with Crippen molar-refractivity contribution in [2.45, 2.75) is 0 Å². The number of methoxy groups -OCH3 is 1. The molecule has 0 saturated heterocycles. The molecule has 5 nitrogen and oxygen atoms in total. The number of ether oxygens (including phenoxy) is 1. The first kappa shape index (κ1) is 17.2. The molecule has 0 saturated carbocycles. The summed E-state index contributed by atoms with van der Waals surface area (Å²) in [6, 6.07) is 23.0. The third-order valence-electron chi connectivity index (χ3n) is 3.14. The van der Waals surface area contributed by atoms with Crippen LogP contribution in [0.5, 0.6) is 5.75 Å². The Labute approximate surface area is 141 Å². The van der Waals surface area contributed by atoms with Crippen molar-refractivity contribution in [2.75, 3.05) is 7.11 Å². The molecule has 3 rings (SSSR count). The van der Waals surface area contributed by atoms with E-state index in [0.717, 1.165) is 16.9 Å². The molecule has 5 heteroatoms. The first-order chi connectivity index (χ1) is 11.8.